The van der Waals surface area contributed by atoms with E-state index < -0.39 is 11.6 Å². The quantitative estimate of drug-likeness (QED) is 0.650. The Labute approximate surface area is 176 Å². The van der Waals surface area contributed by atoms with Gasteiger partial charge in [-0.25, -0.2) is 18.5 Å². The fourth-order valence-electron chi connectivity index (χ4n) is 3.70. The van der Waals surface area contributed by atoms with Gasteiger partial charge in [0, 0.05) is 25.4 Å². The van der Waals surface area contributed by atoms with Crippen molar-refractivity contribution in [1.82, 2.24) is 9.78 Å². The summed E-state index contributed by atoms with van der Waals surface area (Å²) in [7, 11) is 0. The van der Waals surface area contributed by atoms with Gasteiger partial charge in [-0.15, -0.1) is 0 Å². The van der Waals surface area contributed by atoms with E-state index in [2.05, 4.69) is 20.3 Å². The maximum atomic E-state index is 14.5. The summed E-state index contributed by atoms with van der Waals surface area (Å²) >= 11 is 6.31. The Bertz CT molecular complexity index is 1120. The Morgan fingerprint density at radius 1 is 1.07 bits per heavy atom. The van der Waals surface area contributed by atoms with Crippen molar-refractivity contribution in [2.45, 2.75) is 6.42 Å². The van der Waals surface area contributed by atoms with E-state index in [-0.39, 0.29) is 16.4 Å². The van der Waals surface area contributed by atoms with Gasteiger partial charge in [-0.1, -0.05) is 17.7 Å². The molecule has 0 aliphatic carbocycles. The van der Waals surface area contributed by atoms with Crippen LogP contribution in [-0.2, 0) is 4.74 Å². The van der Waals surface area contributed by atoms with Crippen LogP contribution >= 0.6 is 11.6 Å². The number of nitrogens with zero attached hydrogens (tertiary/aromatic N) is 4. The number of hydrogen-bond acceptors (Lipinski definition) is 5. The molecule has 3 heterocycles. The summed E-state index contributed by atoms with van der Waals surface area (Å²) in [5.41, 5.74) is 2.06. The Kier molecular flexibility index (Phi) is 4.88. The van der Waals surface area contributed by atoms with E-state index in [1.165, 1.54) is 24.4 Å². The third kappa shape index (κ3) is 3.32. The van der Waals surface area contributed by atoms with E-state index in [9.17, 15) is 8.78 Å². The second-order valence-electron chi connectivity index (χ2n) is 7.06. The van der Waals surface area contributed by atoms with Crippen LogP contribution in [-0.4, -0.2) is 41.9 Å². The van der Waals surface area contributed by atoms with Crippen LogP contribution in [0.15, 0.2) is 47.6 Å². The van der Waals surface area contributed by atoms with Crippen molar-refractivity contribution in [1.29, 1.82) is 0 Å². The molecule has 0 unspecified atom stereocenters. The maximum absolute atomic E-state index is 14.5. The molecule has 0 saturated carbocycles. The van der Waals surface area contributed by atoms with Crippen LogP contribution < -0.4 is 10.2 Å². The van der Waals surface area contributed by atoms with Crippen LogP contribution in [0.5, 0.6) is 0 Å². The van der Waals surface area contributed by atoms with Crippen LogP contribution in [0.3, 0.4) is 0 Å². The molecule has 2 aliphatic heterocycles. The molecule has 0 atom stereocenters. The zero-order chi connectivity index (χ0) is 20.7. The fraction of sp³-hybridized carbons (Fsp3) is 0.238. The first kappa shape index (κ1) is 19.0. The highest BCUT2D eigenvalue weighted by atomic mass is 35.5. The van der Waals surface area contributed by atoms with Crippen molar-refractivity contribution in [2.24, 2.45) is 4.99 Å². The molecule has 154 valence electrons. The molecule has 9 heteroatoms. The van der Waals surface area contributed by atoms with Crippen LogP contribution in [0, 0.1) is 11.6 Å². The van der Waals surface area contributed by atoms with Gasteiger partial charge in [0.2, 0.25) is 0 Å². The number of nitrogens with one attached hydrogen (secondary N) is 1. The topological polar surface area (TPSA) is 54.7 Å². The summed E-state index contributed by atoms with van der Waals surface area (Å²) in [5, 5.41) is 7.69. The average Bonchev–Trinajstić information content (AvgIpc) is 2.92. The predicted octanol–water partition coefficient (Wildman–Crippen LogP) is 4.53. The molecule has 0 bridgehead atoms. The minimum absolute atomic E-state index is 0.0314. The van der Waals surface area contributed by atoms with E-state index >= 15 is 0 Å². The van der Waals surface area contributed by atoms with E-state index in [0.29, 0.717) is 23.8 Å². The highest BCUT2D eigenvalue weighted by Gasteiger charge is 2.24. The molecule has 1 fully saturated rings. The Hall–Kier alpha value is -2.97. The molecular weight excluding hydrogens is 412 g/mol. The molecule has 0 radical (unpaired) electrons. The summed E-state index contributed by atoms with van der Waals surface area (Å²) in [6.45, 7) is 3.06. The SMILES string of the molecule is Fc1cccc(F)c1C1=Nc2c(Cl)cnn2-c2cc(N3CCCOCC3)ccc2N1. The number of ether oxygens (including phenoxy) is 1. The van der Waals surface area contributed by atoms with Crippen molar-refractivity contribution in [3.63, 3.8) is 0 Å². The minimum Gasteiger partial charge on any atom is -0.380 e. The lowest BCUT2D eigenvalue weighted by molar-refractivity contribution is 0.152. The third-order valence-corrected chi connectivity index (χ3v) is 5.43. The molecule has 0 amide bonds. The Balaban J connectivity index is 1.63. The first-order valence-electron chi connectivity index (χ1n) is 9.62. The zero-order valence-electron chi connectivity index (χ0n) is 15.9. The number of benzene rings is 2. The van der Waals surface area contributed by atoms with Gasteiger partial charge in [0.25, 0.3) is 0 Å². The predicted molar refractivity (Wildman–Crippen MR) is 112 cm³/mol. The van der Waals surface area contributed by atoms with E-state index in [4.69, 9.17) is 16.3 Å². The first-order valence-corrected chi connectivity index (χ1v) is 10.0. The average molecular weight is 430 g/mol. The standard InChI is InChI=1S/C21H18ClF2N5O/c22-14-12-25-29-18-11-13(28-7-2-9-30-10-8-28)5-6-17(18)26-20(27-21(14)29)19-15(23)3-1-4-16(19)24/h1,3-6,11-12H,2,7-10H2,(H,26,27). The van der Waals surface area contributed by atoms with Crippen molar-refractivity contribution in [2.75, 3.05) is 36.5 Å². The van der Waals surface area contributed by atoms with Gasteiger partial charge >= 0.3 is 0 Å². The smallest absolute Gasteiger partial charge is 0.176 e. The Morgan fingerprint density at radius 3 is 2.73 bits per heavy atom. The van der Waals surface area contributed by atoms with E-state index in [0.717, 1.165) is 31.8 Å². The summed E-state index contributed by atoms with van der Waals surface area (Å²) in [4.78, 5) is 6.66. The molecule has 6 nitrogen and oxygen atoms in total. The molecule has 1 aromatic heterocycles. The third-order valence-electron chi connectivity index (χ3n) is 5.17. The zero-order valence-corrected chi connectivity index (χ0v) is 16.7. The number of aliphatic imine (C=N–C) groups is 1. The largest absolute Gasteiger partial charge is 0.380 e. The lowest BCUT2D eigenvalue weighted by Crippen LogP contribution is -2.26. The Morgan fingerprint density at radius 2 is 1.90 bits per heavy atom. The first-order chi connectivity index (χ1) is 14.6. The summed E-state index contributed by atoms with van der Waals surface area (Å²) in [6, 6.07) is 9.48. The van der Waals surface area contributed by atoms with Crippen molar-refractivity contribution >= 4 is 34.6 Å². The van der Waals surface area contributed by atoms with Crippen molar-refractivity contribution in [3.8, 4) is 5.69 Å². The summed E-state index contributed by atoms with van der Waals surface area (Å²) < 4.78 is 36.0. The fourth-order valence-corrected chi connectivity index (χ4v) is 3.87. The minimum atomic E-state index is -0.715. The van der Waals surface area contributed by atoms with Gasteiger partial charge in [0.1, 0.15) is 22.5 Å². The number of anilines is 2. The van der Waals surface area contributed by atoms with Gasteiger partial charge in [0.15, 0.2) is 5.82 Å². The lowest BCUT2D eigenvalue weighted by atomic mass is 10.1. The van der Waals surface area contributed by atoms with Gasteiger partial charge < -0.3 is 15.0 Å². The lowest BCUT2D eigenvalue weighted by Gasteiger charge is -2.23. The van der Waals surface area contributed by atoms with Crippen LogP contribution in [0.2, 0.25) is 5.02 Å². The van der Waals surface area contributed by atoms with E-state index in [1.807, 2.05) is 18.2 Å². The van der Waals surface area contributed by atoms with Gasteiger partial charge in [0.05, 0.1) is 29.7 Å². The number of halogens is 3. The number of amidine groups is 1. The highest BCUT2D eigenvalue weighted by Crippen LogP contribution is 2.36. The maximum Gasteiger partial charge on any atom is 0.176 e. The molecule has 2 aromatic carbocycles. The van der Waals surface area contributed by atoms with E-state index in [1.54, 1.807) is 4.68 Å². The highest BCUT2D eigenvalue weighted by molar-refractivity contribution is 6.33. The number of hydrogen-bond donors (Lipinski definition) is 1. The van der Waals surface area contributed by atoms with Crippen LogP contribution in [0.4, 0.5) is 26.0 Å². The second kappa shape index (κ2) is 7.70. The number of rotatable bonds is 2. The van der Waals surface area contributed by atoms with Crippen LogP contribution in [0.1, 0.15) is 12.0 Å². The molecule has 1 N–H and O–H groups in total. The molecule has 0 spiro atoms. The van der Waals surface area contributed by atoms with Crippen molar-refractivity contribution < 1.29 is 13.5 Å². The molecular formula is C21H18ClF2N5O. The number of fused-ring (bicyclic) bond motifs is 3. The molecule has 5 rings (SSSR count). The van der Waals surface area contributed by atoms with Gasteiger partial charge in [-0.3, -0.25) is 0 Å². The van der Waals surface area contributed by atoms with Crippen LogP contribution in [0.25, 0.3) is 5.69 Å². The normalized spacial score (nSPS) is 16.1. The van der Waals surface area contributed by atoms with Crippen molar-refractivity contribution in [3.05, 3.63) is 64.8 Å². The summed E-state index contributed by atoms with van der Waals surface area (Å²) in [6.07, 6.45) is 2.41. The summed E-state index contributed by atoms with van der Waals surface area (Å²) in [5.74, 6) is -1.10. The monoisotopic (exact) mass is 429 g/mol. The van der Waals surface area contributed by atoms with Gasteiger partial charge in [-0.05, 0) is 36.8 Å². The molecule has 30 heavy (non-hydrogen) atoms. The second-order valence-corrected chi connectivity index (χ2v) is 7.47. The molecule has 1 saturated heterocycles. The number of aromatic nitrogens is 2. The molecule has 2 aliphatic rings. The molecule has 3 aromatic rings. The van der Waals surface area contributed by atoms with Gasteiger partial charge in [-0.2, -0.15) is 5.10 Å².